The predicted molar refractivity (Wildman–Crippen MR) is 171 cm³/mol. The summed E-state index contributed by atoms with van der Waals surface area (Å²) in [5.74, 6) is -3.08. The van der Waals surface area contributed by atoms with Crippen molar-refractivity contribution < 1.29 is 46.9 Å². The van der Waals surface area contributed by atoms with E-state index in [1.807, 2.05) is 6.07 Å². The number of esters is 3. The number of carbonyl (C=O) groups excluding carboxylic acids is 3. The van der Waals surface area contributed by atoms with Crippen molar-refractivity contribution in [2.24, 2.45) is 11.8 Å². The second kappa shape index (κ2) is 14.5. The molecule has 3 aromatic rings. The zero-order valence-corrected chi connectivity index (χ0v) is 28.6. The second-order valence-corrected chi connectivity index (χ2v) is 14.2. The molecule has 1 aliphatic heterocycles. The van der Waals surface area contributed by atoms with E-state index in [1.165, 1.54) is 29.9 Å². The first kappa shape index (κ1) is 35.7. The number of para-hydroxylation sites is 1. The maximum absolute atomic E-state index is 14.4. The van der Waals surface area contributed by atoms with Crippen LogP contribution >= 0.6 is 7.75 Å². The maximum atomic E-state index is 14.4. The molecule has 1 saturated heterocycles. The van der Waals surface area contributed by atoms with Gasteiger partial charge in [0, 0.05) is 0 Å². The quantitative estimate of drug-likeness (QED) is 0.140. The van der Waals surface area contributed by atoms with Crippen LogP contribution in [0.25, 0.3) is 5.52 Å². The summed E-state index contributed by atoms with van der Waals surface area (Å²) >= 11 is 0. The van der Waals surface area contributed by atoms with E-state index in [9.17, 15) is 24.2 Å². The van der Waals surface area contributed by atoms with E-state index in [2.05, 4.69) is 15.2 Å². The normalized spacial score (nSPS) is 23.8. The number of hydrogen-bond donors (Lipinski definition) is 2. The Labute approximate surface area is 282 Å². The molecule has 6 atom stereocenters. The molecule has 5 rings (SSSR count). The number of carbonyl (C=O) groups is 3. The maximum Gasteiger partial charge on any atom is 0.459 e. The highest BCUT2D eigenvalue weighted by molar-refractivity contribution is 7.52. The molecule has 0 spiro atoms. The number of nitriles is 1. The Morgan fingerprint density at radius 3 is 2.35 bits per heavy atom. The first-order valence-corrected chi connectivity index (χ1v) is 17.4. The molecule has 262 valence electrons. The number of aromatic nitrogens is 3. The molecular formula is C32H39N6O10P. The Morgan fingerprint density at radius 1 is 1.04 bits per heavy atom. The van der Waals surface area contributed by atoms with Crippen molar-refractivity contribution in [1.82, 2.24) is 19.7 Å². The number of hydrogen-bond acceptors (Lipinski definition) is 14. The summed E-state index contributed by atoms with van der Waals surface area (Å²) in [5.41, 5.74) is 4.49. The summed E-state index contributed by atoms with van der Waals surface area (Å²) in [6, 6.07) is 12.1. The summed E-state index contributed by atoms with van der Waals surface area (Å²) in [4.78, 5) is 42.9. The van der Waals surface area contributed by atoms with Crippen LogP contribution in [0.4, 0.5) is 5.82 Å². The smallest absolute Gasteiger partial charge is 0.459 e. The van der Waals surface area contributed by atoms with Crippen LogP contribution in [-0.4, -0.2) is 69.1 Å². The van der Waals surface area contributed by atoms with E-state index in [0.717, 1.165) is 12.8 Å². The van der Waals surface area contributed by atoms with Crippen molar-refractivity contribution >= 4 is 37.0 Å². The van der Waals surface area contributed by atoms with E-state index >= 15 is 0 Å². The average Bonchev–Trinajstić information content (AvgIpc) is 3.69. The Morgan fingerprint density at radius 2 is 1.71 bits per heavy atom. The first-order chi connectivity index (χ1) is 23.3. The zero-order valence-electron chi connectivity index (χ0n) is 27.7. The fourth-order valence-electron chi connectivity index (χ4n) is 4.89. The zero-order chi connectivity index (χ0) is 35.5. The Kier molecular flexibility index (Phi) is 10.6. The standard InChI is InChI=1S/C32H39N6O10P/c1-18(2)29(39)45-26-25(23-13-14-24-28(34)35-17-36-38(23)24)47-32(15-33,27(26)46-30(40)19(3)4)16-43-49(42,48-22-9-7-6-8-10-22)37-20(5)31(41)44-21-11-12-21/h6-10,13-14,17-21,25-27H,11-12,16H2,1-5H3,(H,37,42)(H2,34,35,36)/t20-,25-,26-,27-,32+,49?/m0/s1. The van der Waals surface area contributed by atoms with Gasteiger partial charge in [-0.1, -0.05) is 45.9 Å². The first-order valence-electron chi connectivity index (χ1n) is 15.8. The number of benzene rings is 1. The third kappa shape index (κ3) is 8.02. The second-order valence-electron chi connectivity index (χ2n) is 12.5. The molecule has 1 aliphatic carbocycles. The molecule has 2 fully saturated rings. The summed E-state index contributed by atoms with van der Waals surface area (Å²) < 4.78 is 50.9. The number of rotatable bonds is 14. The predicted octanol–water partition coefficient (Wildman–Crippen LogP) is 3.67. The van der Waals surface area contributed by atoms with Crippen LogP contribution < -0.4 is 15.3 Å². The number of anilines is 1. The average molecular weight is 699 g/mol. The topological polar surface area (TPSA) is 216 Å². The summed E-state index contributed by atoms with van der Waals surface area (Å²) in [6.45, 7) is 6.99. The van der Waals surface area contributed by atoms with Crippen molar-refractivity contribution in [1.29, 1.82) is 5.26 Å². The van der Waals surface area contributed by atoms with Crippen molar-refractivity contribution in [3.05, 3.63) is 54.5 Å². The van der Waals surface area contributed by atoms with Crippen molar-refractivity contribution in [2.45, 2.75) is 83.5 Å². The molecule has 2 aliphatic rings. The Bertz CT molecular complexity index is 1770. The molecule has 2 aromatic heterocycles. The van der Waals surface area contributed by atoms with E-state index in [1.54, 1.807) is 58.0 Å². The number of nitrogens with one attached hydrogen (secondary N) is 1. The molecule has 3 heterocycles. The molecule has 0 radical (unpaired) electrons. The lowest BCUT2D eigenvalue weighted by Gasteiger charge is -2.31. The fraction of sp³-hybridized carbons (Fsp3) is 0.500. The summed E-state index contributed by atoms with van der Waals surface area (Å²) in [7, 11) is -4.52. The molecule has 0 bridgehead atoms. The molecule has 16 nitrogen and oxygen atoms in total. The van der Waals surface area contributed by atoms with Gasteiger partial charge in [0.1, 0.15) is 48.5 Å². The SMILES string of the molecule is CC(C)C(=O)O[C@H]1[C@H](c2ccc3c(N)ncnn23)O[C@](C#N)(COP(=O)(N[C@@H](C)C(=O)OC2CC2)Oc2ccccc2)[C@H]1OC(=O)C(C)C. The lowest BCUT2D eigenvalue weighted by molar-refractivity contribution is -0.173. The number of nitrogens with two attached hydrogens (primary N) is 1. The molecule has 3 N–H and O–H groups in total. The van der Waals surface area contributed by atoms with Crippen LogP contribution in [-0.2, 0) is 42.4 Å². The van der Waals surface area contributed by atoms with E-state index < -0.39 is 74.1 Å². The van der Waals surface area contributed by atoms with Crippen LogP contribution in [0.3, 0.4) is 0 Å². The van der Waals surface area contributed by atoms with E-state index in [0.29, 0.717) is 5.52 Å². The minimum Gasteiger partial charge on any atom is -0.461 e. The van der Waals surface area contributed by atoms with Gasteiger partial charge in [0.15, 0.2) is 18.0 Å². The number of fused-ring (bicyclic) bond motifs is 1. The highest BCUT2D eigenvalue weighted by Crippen LogP contribution is 2.50. The van der Waals surface area contributed by atoms with E-state index in [4.69, 9.17) is 33.7 Å². The van der Waals surface area contributed by atoms with Crippen LogP contribution in [0, 0.1) is 23.2 Å². The molecule has 17 heteroatoms. The summed E-state index contributed by atoms with van der Waals surface area (Å²) in [5, 5.41) is 17.6. The van der Waals surface area contributed by atoms with Gasteiger partial charge in [-0.3, -0.25) is 18.9 Å². The Balaban J connectivity index is 1.55. The van der Waals surface area contributed by atoms with Crippen molar-refractivity contribution in [3.8, 4) is 11.8 Å². The van der Waals surface area contributed by atoms with Gasteiger partial charge in [-0.2, -0.15) is 15.4 Å². The van der Waals surface area contributed by atoms with Crippen molar-refractivity contribution in [3.63, 3.8) is 0 Å². The number of nitrogens with zero attached hydrogens (tertiary/aromatic N) is 4. The third-order valence-electron chi connectivity index (χ3n) is 7.75. The van der Waals surface area contributed by atoms with E-state index in [-0.39, 0.29) is 23.4 Å². The largest absolute Gasteiger partial charge is 0.461 e. The van der Waals surface area contributed by atoms with Gasteiger partial charge in [-0.25, -0.2) is 14.1 Å². The fourth-order valence-corrected chi connectivity index (χ4v) is 6.41. The minimum absolute atomic E-state index is 0.126. The van der Waals surface area contributed by atoms with Gasteiger partial charge in [0.2, 0.25) is 5.60 Å². The van der Waals surface area contributed by atoms with Gasteiger partial charge < -0.3 is 29.2 Å². The summed E-state index contributed by atoms with van der Waals surface area (Å²) in [6.07, 6.45) is -1.84. The van der Waals surface area contributed by atoms with Crippen LogP contribution in [0.5, 0.6) is 5.75 Å². The van der Waals surface area contributed by atoms with Gasteiger partial charge in [-0.15, -0.1) is 0 Å². The highest BCUT2D eigenvalue weighted by Gasteiger charge is 2.62. The molecule has 1 aromatic carbocycles. The van der Waals surface area contributed by atoms with Gasteiger partial charge in [0.05, 0.1) is 17.5 Å². The number of nitrogen functional groups attached to an aromatic ring is 1. The molecular weight excluding hydrogens is 659 g/mol. The monoisotopic (exact) mass is 698 g/mol. The molecule has 0 amide bonds. The Hall–Kier alpha value is -4.55. The van der Waals surface area contributed by atoms with Crippen LogP contribution in [0.1, 0.15) is 59.3 Å². The molecule has 49 heavy (non-hydrogen) atoms. The highest BCUT2D eigenvalue weighted by atomic mass is 31.2. The minimum atomic E-state index is -4.52. The van der Waals surface area contributed by atoms with Crippen LogP contribution in [0.15, 0.2) is 48.8 Å². The third-order valence-corrected chi connectivity index (χ3v) is 9.38. The van der Waals surface area contributed by atoms with Crippen LogP contribution in [0.2, 0.25) is 0 Å². The van der Waals surface area contributed by atoms with Gasteiger partial charge >= 0.3 is 25.7 Å². The lowest BCUT2D eigenvalue weighted by atomic mass is 9.95. The van der Waals surface area contributed by atoms with Gasteiger partial charge in [-0.05, 0) is 44.0 Å². The van der Waals surface area contributed by atoms with Gasteiger partial charge in [0.25, 0.3) is 0 Å². The van der Waals surface area contributed by atoms with Crippen molar-refractivity contribution in [2.75, 3.05) is 12.3 Å². The molecule has 1 saturated carbocycles. The molecule has 1 unspecified atom stereocenters. The lowest BCUT2D eigenvalue weighted by Crippen LogP contribution is -2.50. The number of ether oxygens (including phenoxy) is 4.